The maximum absolute atomic E-state index is 12.6. The standard InChI is InChI=1S/C18H21BrN2O3.C10H12BrNO.C6H9N2O.CO2.2CH4.K/c1-18(2,3)17-21-20-16(24-17)14(22)9-11-5-4-8-23-15-10-12(19)6-7-13(11)15;11-7-3-4-8-9(12)2-1-5-13-10(8)6-7;1-6(2,3)5-8-7-4-9-5;2-1-3;;;/h6-7,10-11H,4-5,8-9H2,1-3H3;3-4,6,9H,1-2,5,12H2;1-3H3;;2*1H4;/q;;-1;;;;+1. The van der Waals surface area contributed by atoms with Crippen LogP contribution in [0.5, 0.6) is 11.5 Å². The molecule has 2 atom stereocenters. The van der Waals surface area contributed by atoms with Crippen molar-refractivity contribution in [2.45, 2.75) is 111 Å². The Morgan fingerprint density at radius 1 is 0.846 bits per heavy atom. The number of ketones is 1. The van der Waals surface area contributed by atoms with Gasteiger partial charge in [-0.05, 0) is 66.8 Å². The first kappa shape index (κ1) is 49.9. The molecule has 2 aromatic heterocycles. The van der Waals surface area contributed by atoms with Crippen LogP contribution in [0.3, 0.4) is 0 Å². The van der Waals surface area contributed by atoms with Crippen molar-refractivity contribution in [3.63, 3.8) is 0 Å². The second kappa shape index (κ2) is 23.7. The van der Waals surface area contributed by atoms with Crippen molar-refractivity contribution in [3.8, 4) is 11.5 Å². The minimum Gasteiger partial charge on any atom is -0.612 e. The van der Waals surface area contributed by atoms with Crippen molar-refractivity contribution >= 4 is 43.8 Å². The summed E-state index contributed by atoms with van der Waals surface area (Å²) >= 11 is 6.88. The molecule has 12 nitrogen and oxygen atoms in total. The molecule has 2 aliphatic heterocycles. The Balaban J connectivity index is 0.000000784. The molecule has 0 amide bonds. The summed E-state index contributed by atoms with van der Waals surface area (Å²) in [6, 6.07) is 12.1. The van der Waals surface area contributed by atoms with E-state index < -0.39 is 0 Å². The van der Waals surface area contributed by atoms with Gasteiger partial charge >= 0.3 is 57.5 Å². The molecule has 2 aromatic carbocycles. The van der Waals surface area contributed by atoms with Crippen LogP contribution in [0.25, 0.3) is 0 Å². The van der Waals surface area contributed by atoms with Crippen molar-refractivity contribution in [2.24, 2.45) is 5.73 Å². The predicted molar refractivity (Wildman–Crippen MR) is 200 cm³/mol. The molecule has 2 N–H and O–H groups in total. The third-order valence-electron chi connectivity index (χ3n) is 7.36. The number of hydrogen-bond donors (Lipinski definition) is 1. The number of nitrogens with zero attached hydrogens (tertiary/aromatic N) is 4. The van der Waals surface area contributed by atoms with Gasteiger partial charge in [0.05, 0.1) is 25.5 Å². The molecule has 4 aromatic rings. The SMILES string of the molecule is C.C.CC(C)(C)c1nn[c-]o1.CC(C)(C)c1nnc(C(=O)CC2CCCOc3cc(Br)ccc32)o1.NC1CCCOc2cc(Br)ccc21.O=C=O.[K+]. The zero-order valence-corrected chi connectivity index (χ0v) is 35.8. The number of nitrogens with two attached hydrogens (primary N) is 1. The number of fused-ring (bicyclic) bond motifs is 2. The Morgan fingerprint density at radius 3 is 1.85 bits per heavy atom. The first-order chi connectivity index (χ1) is 23.1. The maximum atomic E-state index is 12.6. The fourth-order valence-electron chi connectivity index (χ4n) is 4.83. The van der Waals surface area contributed by atoms with E-state index in [0.717, 1.165) is 63.9 Å². The molecule has 0 radical (unpaired) electrons. The summed E-state index contributed by atoms with van der Waals surface area (Å²) in [5, 5.41) is 15.1. The van der Waals surface area contributed by atoms with Crippen molar-refractivity contribution in [1.82, 2.24) is 20.4 Å². The molecule has 0 fully saturated rings. The minimum atomic E-state index is -0.263. The van der Waals surface area contributed by atoms with E-state index in [9.17, 15) is 4.79 Å². The van der Waals surface area contributed by atoms with Gasteiger partial charge in [-0.25, -0.2) is 10.2 Å². The molecule has 2 aliphatic rings. The molecular formula is C37H50Br2KN5O7. The van der Waals surface area contributed by atoms with Crippen LogP contribution >= 0.6 is 31.9 Å². The molecule has 6 rings (SSSR count). The summed E-state index contributed by atoms with van der Waals surface area (Å²) in [7, 11) is 0. The molecule has 0 aliphatic carbocycles. The van der Waals surface area contributed by atoms with E-state index in [2.05, 4.69) is 58.6 Å². The summed E-state index contributed by atoms with van der Waals surface area (Å²) in [5.41, 5.74) is 7.88. The van der Waals surface area contributed by atoms with Gasteiger partial charge in [-0.1, -0.05) is 100 Å². The molecule has 0 spiro atoms. The van der Waals surface area contributed by atoms with Crippen LogP contribution in [0, 0.1) is 6.39 Å². The summed E-state index contributed by atoms with van der Waals surface area (Å²) in [4.78, 5) is 28.8. The van der Waals surface area contributed by atoms with Gasteiger partial charge in [-0.15, -0.1) is 10.2 Å². The Kier molecular flexibility index (Phi) is 22.7. The fraction of sp³-hybridized carbons (Fsp3) is 0.514. The molecule has 0 saturated carbocycles. The van der Waals surface area contributed by atoms with E-state index in [1.807, 2.05) is 77.9 Å². The molecular weight excluding hydrogens is 825 g/mol. The monoisotopic (exact) mass is 873 g/mol. The summed E-state index contributed by atoms with van der Waals surface area (Å²) in [6.07, 6.45) is 6.77. The Labute approximate surface area is 366 Å². The summed E-state index contributed by atoms with van der Waals surface area (Å²) in [5.74, 6) is 2.98. The van der Waals surface area contributed by atoms with E-state index in [4.69, 9.17) is 33.6 Å². The van der Waals surface area contributed by atoms with Crippen molar-refractivity contribution in [3.05, 3.63) is 80.5 Å². The van der Waals surface area contributed by atoms with Gasteiger partial charge in [0.15, 0.2) is 0 Å². The number of aromatic nitrogens is 4. The van der Waals surface area contributed by atoms with Crippen LogP contribution in [-0.2, 0) is 20.4 Å². The number of ether oxygens (including phenoxy) is 2. The average Bonchev–Trinajstić information content (AvgIpc) is 3.69. The zero-order chi connectivity index (χ0) is 36.2. The van der Waals surface area contributed by atoms with Crippen LogP contribution in [0.4, 0.5) is 0 Å². The van der Waals surface area contributed by atoms with E-state index in [0.29, 0.717) is 24.8 Å². The van der Waals surface area contributed by atoms with Crippen molar-refractivity contribution in [1.29, 1.82) is 0 Å². The molecule has 52 heavy (non-hydrogen) atoms. The predicted octanol–water partition coefficient (Wildman–Crippen LogP) is 6.14. The van der Waals surface area contributed by atoms with Crippen molar-refractivity contribution in [2.75, 3.05) is 13.2 Å². The molecule has 0 saturated heterocycles. The molecule has 4 heterocycles. The number of rotatable bonds is 3. The Hall–Kier alpha value is -2.07. The topological polar surface area (TPSA) is 174 Å². The smallest absolute Gasteiger partial charge is 0.612 e. The van der Waals surface area contributed by atoms with Crippen LogP contribution in [-0.4, -0.2) is 45.5 Å². The van der Waals surface area contributed by atoms with Crippen LogP contribution in [0.2, 0.25) is 0 Å². The number of halogens is 2. The molecule has 0 bridgehead atoms. The third-order valence-corrected chi connectivity index (χ3v) is 8.35. The largest absolute Gasteiger partial charge is 1.00 e. The summed E-state index contributed by atoms with van der Waals surface area (Å²) in [6.45, 7) is 13.4. The minimum absolute atomic E-state index is 0. The second-order valence-electron chi connectivity index (χ2n) is 13.5. The molecule has 15 heteroatoms. The number of Topliss-reactive ketones (excluding diaryl/α,β-unsaturated/α-hetero) is 1. The van der Waals surface area contributed by atoms with E-state index in [1.165, 1.54) is 0 Å². The first-order valence-corrected chi connectivity index (χ1v) is 17.4. The van der Waals surface area contributed by atoms with Gasteiger partial charge in [0.25, 0.3) is 5.89 Å². The molecule has 2 unspecified atom stereocenters. The van der Waals surface area contributed by atoms with Gasteiger partial charge in [0.1, 0.15) is 11.5 Å². The normalized spacial score (nSPS) is 15.8. The van der Waals surface area contributed by atoms with Gasteiger partial charge in [-0.2, -0.15) is 9.59 Å². The Morgan fingerprint density at radius 2 is 1.37 bits per heavy atom. The van der Waals surface area contributed by atoms with Gasteiger partial charge in [0.2, 0.25) is 11.7 Å². The van der Waals surface area contributed by atoms with Gasteiger partial charge < -0.3 is 24.0 Å². The summed E-state index contributed by atoms with van der Waals surface area (Å²) < 4.78 is 23.8. The van der Waals surface area contributed by atoms with Crippen LogP contribution in [0.15, 0.2) is 54.2 Å². The number of carbonyl (C=O) groups excluding carboxylic acids is 3. The number of benzene rings is 2. The van der Waals surface area contributed by atoms with E-state index in [-0.39, 0.29) is 107 Å². The second-order valence-corrected chi connectivity index (χ2v) is 15.3. The quantitative estimate of drug-likeness (QED) is 0.142. The van der Waals surface area contributed by atoms with Crippen molar-refractivity contribution < 1.29 is 84.1 Å². The van der Waals surface area contributed by atoms with E-state index in [1.54, 1.807) is 0 Å². The van der Waals surface area contributed by atoms with Crippen LogP contribution < -0.4 is 66.6 Å². The Bertz CT molecular complexity index is 1680. The molecule has 280 valence electrons. The number of carbonyl (C=O) groups is 1. The maximum Gasteiger partial charge on any atom is 1.00 e. The first-order valence-electron chi connectivity index (χ1n) is 15.8. The zero-order valence-electron chi connectivity index (χ0n) is 29.5. The fourth-order valence-corrected chi connectivity index (χ4v) is 5.51. The van der Waals surface area contributed by atoms with E-state index >= 15 is 0 Å². The van der Waals surface area contributed by atoms with Gasteiger partial charge in [-0.3, -0.25) is 4.79 Å². The number of hydrogen-bond acceptors (Lipinski definition) is 12. The third kappa shape index (κ3) is 15.7. The average molecular weight is 876 g/mol. The van der Waals surface area contributed by atoms with Gasteiger partial charge in [0, 0.05) is 32.4 Å². The van der Waals surface area contributed by atoms with Crippen LogP contribution in [0.1, 0.15) is 134 Å².